The van der Waals surface area contributed by atoms with E-state index in [0.29, 0.717) is 12.0 Å². The Bertz CT molecular complexity index is 205. The van der Waals surface area contributed by atoms with Crippen molar-refractivity contribution >= 4 is 5.97 Å². The van der Waals surface area contributed by atoms with E-state index in [1.54, 1.807) is 0 Å². The number of hydrogen-bond donors (Lipinski definition) is 1. The smallest absolute Gasteiger partial charge is 0.310 e. The van der Waals surface area contributed by atoms with Gasteiger partial charge in [0.05, 0.1) is 13.0 Å². The molecule has 2 aliphatic rings. The molecule has 2 fully saturated rings. The van der Waals surface area contributed by atoms with Crippen molar-refractivity contribution in [2.75, 3.05) is 13.7 Å². The molecule has 3 nitrogen and oxygen atoms in total. The predicted molar refractivity (Wildman–Crippen MR) is 49.3 cm³/mol. The summed E-state index contributed by atoms with van der Waals surface area (Å²) in [5, 5.41) is 3.42. The van der Waals surface area contributed by atoms with Crippen LogP contribution < -0.4 is 5.32 Å². The summed E-state index contributed by atoms with van der Waals surface area (Å²) in [5.41, 5.74) is 0. The standard InChI is InChI=1S/C10H17NO2/c1-13-10(12)8-6-11-9-5-3-2-4-7(8)9/h7-9,11H,2-6H2,1H3/t7-,8?,9-/m0/s1. The number of rotatable bonds is 1. The molecule has 13 heavy (non-hydrogen) atoms. The molecule has 0 aromatic carbocycles. The average Bonchev–Trinajstić information content (AvgIpc) is 2.60. The van der Waals surface area contributed by atoms with Crippen molar-refractivity contribution in [3.8, 4) is 0 Å². The highest BCUT2D eigenvalue weighted by Crippen LogP contribution is 2.34. The molecule has 0 aromatic heterocycles. The maximum atomic E-state index is 11.4. The minimum Gasteiger partial charge on any atom is -0.469 e. The molecule has 74 valence electrons. The first-order valence-electron chi connectivity index (χ1n) is 5.14. The van der Waals surface area contributed by atoms with Gasteiger partial charge in [-0.05, 0) is 18.8 Å². The van der Waals surface area contributed by atoms with Crippen LogP contribution in [0.5, 0.6) is 0 Å². The quantitative estimate of drug-likeness (QED) is 0.615. The Morgan fingerprint density at radius 2 is 2.15 bits per heavy atom. The van der Waals surface area contributed by atoms with E-state index in [9.17, 15) is 4.79 Å². The highest BCUT2D eigenvalue weighted by molar-refractivity contribution is 5.73. The molecule has 1 aliphatic heterocycles. The van der Waals surface area contributed by atoms with Crippen LogP contribution in [0.15, 0.2) is 0 Å². The average molecular weight is 183 g/mol. The van der Waals surface area contributed by atoms with E-state index >= 15 is 0 Å². The van der Waals surface area contributed by atoms with E-state index in [1.165, 1.54) is 32.8 Å². The van der Waals surface area contributed by atoms with Gasteiger partial charge in [-0.2, -0.15) is 0 Å². The van der Waals surface area contributed by atoms with E-state index in [2.05, 4.69) is 5.32 Å². The number of carbonyl (C=O) groups is 1. The van der Waals surface area contributed by atoms with Gasteiger partial charge in [0.25, 0.3) is 0 Å². The Labute approximate surface area is 78.8 Å². The number of ether oxygens (including phenoxy) is 1. The molecule has 1 saturated heterocycles. The Morgan fingerprint density at radius 1 is 1.38 bits per heavy atom. The van der Waals surface area contributed by atoms with Crippen LogP contribution in [-0.2, 0) is 9.53 Å². The summed E-state index contributed by atoms with van der Waals surface area (Å²) in [4.78, 5) is 11.4. The van der Waals surface area contributed by atoms with Crippen LogP contribution in [0.1, 0.15) is 25.7 Å². The number of methoxy groups -OCH3 is 1. The summed E-state index contributed by atoms with van der Waals surface area (Å²) >= 11 is 0. The van der Waals surface area contributed by atoms with Gasteiger partial charge in [0.15, 0.2) is 0 Å². The second-order valence-electron chi connectivity index (χ2n) is 4.09. The zero-order valence-electron chi connectivity index (χ0n) is 8.08. The Balaban J connectivity index is 2.02. The van der Waals surface area contributed by atoms with Crippen LogP contribution in [0, 0.1) is 11.8 Å². The summed E-state index contributed by atoms with van der Waals surface area (Å²) in [7, 11) is 1.48. The van der Waals surface area contributed by atoms with Gasteiger partial charge in [-0.15, -0.1) is 0 Å². The Kier molecular flexibility index (Phi) is 2.54. The Hall–Kier alpha value is -0.570. The van der Waals surface area contributed by atoms with E-state index in [-0.39, 0.29) is 11.9 Å². The topological polar surface area (TPSA) is 38.3 Å². The van der Waals surface area contributed by atoms with Gasteiger partial charge in [0, 0.05) is 12.6 Å². The van der Waals surface area contributed by atoms with Gasteiger partial charge < -0.3 is 10.1 Å². The lowest BCUT2D eigenvalue weighted by atomic mass is 9.80. The van der Waals surface area contributed by atoms with Gasteiger partial charge in [-0.1, -0.05) is 12.8 Å². The summed E-state index contributed by atoms with van der Waals surface area (Å²) in [6.07, 6.45) is 5.01. The first-order chi connectivity index (χ1) is 6.33. The maximum Gasteiger partial charge on any atom is 0.310 e. The fraction of sp³-hybridized carbons (Fsp3) is 0.900. The second-order valence-corrected chi connectivity index (χ2v) is 4.09. The van der Waals surface area contributed by atoms with Crippen LogP contribution in [0.3, 0.4) is 0 Å². The third-order valence-corrected chi connectivity index (χ3v) is 3.44. The molecule has 1 unspecified atom stereocenters. The van der Waals surface area contributed by atoms with Crippen molar-refractivity contribution in [2.45, 2.75) is 31.7 Å². The van der Waals surface area contributed by atoms with Gasteiger partial charge in [-0.25, -0.2) is 0 Å². The van der Waals surface area contributed by atoms with E-state index in [0.717, 1.165) is 6.54 Å². The van der Waals surface area contributed by atoms with Crippen molar-refractivity contribution in [3.63, 3.8) is 0 Å². The normalized spacial score (nSPS) is 38.4. The molecule has 1 heterocycles. The molecule has 1 N–H and O–H groups in total. The fourth-order valence-corrected chi connectivity index (χ4v) is 2.73. The van der Waals surface area contributed by atoms with Crippen molar-refractivity contribution in [3.05, 3.63) is 0 Å². The number of nitrogens with one attached hydrogen (secondary N) is 1. The van der Waals surface area contributed by atoms with Gasteiger partial charge in [0.1, 0.15) is 0 Å². The highest BCUT2D eigenvalue weighted by Gasteiger charge is 2.41. The van der Waals surface area contributed by atoms with Crippen LogP contribution >= 0.6 is 0 Å². The molecule has 2 rings (SSSR count). The van der Waals surface area contributed by atoms with Crippen molar-refractivity contribution in [1.29, 1.82) is 0 Å². The first kappa shape index (κ1) is 9.00. The largest absolute Gasteiger partial charge is 0.469 e. The number of esters is 1. The van der Waals surface area contributed by atoms with Crippen LogP contribution in [0.2, 0.25) is 0 Å². The minimum absolute atomic E-state index is 0.0260. The lowest BCUT2D eigenvalue weighted by Crippen LogP contribution is -2.31. The molecular formula is C10H17NO2. The van der Waals surface area contributed by atoms with E-state index in [1.807, 2.05) is 0 Å². The molecule has 1 saturated carbocycles. The van der Waals surface area contributed by atoms with Crippen LogP contribution in [0.4, 0.5) is 0 Å². The highest BCUT2D eigenvalue weighted by atomic mass is 16.5. The lowest BCUT2D eigenvalue weighted by molar-refractivity contribution is -0.146. The molecular weight excluding hydrogens is 166 g/mol. The zero-order chi connectivity index (χ0) is 9.26. The monoisotopic (exact) mass is 183 g/mol. The summed E-state index contributed by atoms with van der Waals surface area (Å²) in [5.74, 6) is 0.637. The van der Waals surface area contributed by atoms with Crippen LogP contribution in [0.25, 0.3) is 0 Å². The third kappa shape index (κ3) is 1.57. The SMILES string of the molecule is COC(=O)C1CN[C@H]2CCCC[C@@H]12. The molecule has 0 radical (unpaired) electrons. The third-order valence-electron chi connectivity index (χ3n) is 3.44. The van der Waals surface area contributed by atoms with Crippen molar-refractivity contribution in [2.24, 2.45) is 11.8 Å². The fourth-order valence-electron chi connectivity index (χ4n) is 2.73. The molecule has 0 amide bonds. The van der Waals surface area contributed by atoms with E-state index < -0.39 is 0 Å². The van der Waals surface area contributed by atoms with Crippen molar-refractivity contribution in [1.82, 2.24) is 5.32 Å². The van der Waals surface area contributed by atoms with Gasteiger partial charge in [0.2, 0.25) is 0 Å². The molecule has 3 atom stereocenters. The lowest BCUT2D eigenvalue weighted by Gasteiger charge is -2.27. The first-order valence-corrected chi connectivity index (χ1v) is 5.14. The summed E-state index contributed by atoms with van der Waals surface area (Å²) in [6.45, 7) is 0.821. The summed E-state index contributed by atoms with van der Waals surface area (Å²) < 4.78 is 4.80. The second kappa shape index (κ2) is 3.66. The van der Waals surface area contributed by atoms with Gasteiger partial charge in [-0.3, -0.25) is 4.79 Å². The number of hydrogen-bond acceptors (Lipinski definition) is 3. The van der Waals surface area contributed by atoms with Gasteiger partial charge >= 0.3 is 5.97 Å². The maximum absolute atomic E-state index is 11.4. The molecule has 0 spiro atoms. The van der Waals surface area contributed by atoms with E-state index in [4.69, 9.17) is 4.74 Å². The molecule has 3 heteroatoms. The zero-order valence-corrected chi connectivity index (χ0v) is 8.08. The summed E-state index contributed by atoms with van der Waals surface area (Å²) in [6, 6.07) is 0.581. The molecule has 0 aromatic rings. The minimum atomic E-state index is -0.0260. The Morgan fingerprint density at radius 3 is 2.92 bits per heavy atom. The number of carbonyl (C=O) groups excluding carboxylic acids is 1. The number of fused-ring (bicyclic) bond motifs is 1. The molecule has 0 bridgehead atoms. The van der Waals surface area contributed by atoms with Crippen molar-refractivity contribution < 1.29 is 9.53 Å². The molecule has 1 aliphatic carbocycles. The predicted octanol–water partition coefficient (Wildman–Crippen LogP) is 0.938. The van der Waals surface area contributed by atoms with Crippen LogP contribution in [-0.4, -0.2) is 25.7 Å².